The Kier molecular flexibility index (Phi) is 4.88. The van der Waals surface area contributed by atoms with Crippen LogP contribution in [0.4, 0.5) is 19.0 Å². The van der Waals surface area contributed by atoms with Crippen molar-refractivity contribution in [3.8, 4) is 11.5 Å². The van der Waals surface area contributed by atoms with E-state index in [1.54, 1.807) is 7.11 Å². The molecule has 0 bridgehead atoms. The van der Waals surface area contributed by atoms with Gasteiger partial charge < -0.3 is 19.4 Å². The summed E-state index contributed by atoms with van der Waals surface area (Å²) in [4.78, 5) is 8.19. The lowest BCUT2D eigenvalue weighted by molar-refractivity contribution is -0.140. The van der Waals surface area contributed by atoms with Crippen LogP contribution in [0.1, 0.15) is 5.56 Å². The summed E-state index contributed by atoms with van der Waals surface area (Å²) < 4.78 is 49.8. The van der Waals surface area contributed by atoms with E-state index in [0.29, 0.717) is 17.9 Å². The van der Waals surface area contributed by atoms with Crippen LogP contribution in [0.5, 0.6) is 11.5 Å². The Morgan fingerprint density at radius 2 is 1.81 bits per heavy atom. The molecule has 0 aliphatic heterocycles. The number of pyridine rings is 1. The summed E-state index contributed by atoms with van der Waals surface area (Å²) in [5.41, 5.74) is 1.54. The summed E-state index contributed by atoms with van der Waals surface area (Å²) >= 11 is 0. The number of rotatable bonds is 6. The molecule has 0 radical (unpaired) electrons. The number of benzene rings is 1. The van der Waals surface area contributed by atoms with Gasteiger partial charge in [-0.1, -0.05) is 12.1 Å². The maximum Gasteiger partial charge on any atom is 0.406 e. The number of ether oxygens (including phenoxy) is 2. The second kappa shape index (κ2) is 7.11. The van der Waals surface area contributed by atoms with Crippen molar-refractivity contribution >= 4 is 16.9 Å². The summed E-state index contributed by atoms with van der Waals surface area (Å²) in [6, 6.07) is 7.40. The van der Waals surface area contributed by atoms with Gasteiger partial charge in [0.2, 0.25) is 0 Å². The van der Waals surface area contributed by atoms with Crippen LogP contribution in [-0.4, -0.2) is 34.9 Å². The molecule has 3 aromatic rings. The van der Waals surface area contributed by atoms with E-state index >= 15 is 0 Å². The molecule has 1 N–H and O–H groups in total. The van der Waals surface area contributed by atoms with Crippen molar-refractivity contribution in [2.24, 2.45) is 0 Å². The van der Waals surface area contributed by atoms with Crippen molar-refractivity contribution in [3.05, 3.63) is 42.4 Å². The first-order valence-corrected chi connectivity index (χ1v) is 7.72. The molecule has 2 aromatic heterocycles. The first-order valence-electron chi connectivity index (χ1n) is 7.72. The SMILES string of the molecule is COc1ccc(CNc2ncc3ncn(CC(F)(F)F)c3c2OC)cc1. The number of anilines is 1. The van der Waals surface area contributed by atoms with E-state index in [0.717, 1.165) is 22.2 Å². The predicted molar refractivity (Wildman–Crippen MR) is 90.5 cm³/mol. The Labute approximate surface area is 147 Å². The summed E-state index contributed by atoms with van der Waals surface area (Å²) in [6.45, 7) is -0.728. The number of nitrogens with one attached hydrogen (secondary N) is 1. The summed E-state index contributed by atoms with van der Waals surface area (Å²) in [7, 11) is 2.97. The predicted octanol–water partition coefficient (Wildman–Crippen LogP) is 3.62. The Balaban J connectivity index is 1.88. The van der Waals surface area contributed by atoms with Crippen LogP contribution in [0.2, 0.25) is 0 Å². The molecule has 6 nitrogen and oxygen atoms in total. The van der Waals surface area contributed by atoms with Gasteiger partial charge in [0.05, 0.1) is 26.7 Å². The average molecular weight is 366 g/mol. The van der Waals surface area contributed by atoms with E-state index in [-0.39, 0.29) is 11.3 Å². The fourth-order valence-corrected chi connectivity index (χ4v) is 2.60. The molecule has 0 spiro atoms. The molecule has 0 aliphatic carbocycles. The first-order chi connectivity index (χ1) is 12.4. The van der Waals surface area contributed by atoms with Crippen molar-refractivity contribution < 1.29 is 22.6 Å². The lowest BCUT2D eigenvalue weighted by atomic mass is 10.2. The number of alkyl halides is 3. The lowest BCUT2D eigenvalue weighted by Gasteiger charge is -2.14. The molecule has 2 heterocycles. The quantitative estimate of drug-likeness (QED) is 0.722. The molecule has 0 fully saturated rings. The molecule has 0 unspecified atom stereocenters. The van der Waals surface area contributed by atoms with Gasteiger partial charge in [-0.05, 0) is 17.7 Å². The van der Waals surface area contributed by atoms with Gasteiger partial charge in [-0.15, -0.1) is 0 Å². The molecule has 1 aromatic carbocycles. The molecule has 26 heavy (non-hydrogen) atoms. The smallest absolute Gasteiger partial charge is 0.406 e. The molecule has 3 rings (SSSR count). The normalized spacial score (nSPS) is 11.6. The second-order valence-corrected chi connectivity index (χ2v) is 5.56. The fraction of sp³-hybridized carbons (Fsp3) is 0.294. The highest BCUT2D eigenvalue weighted by atomic mass is 19.4. The highest BCUT2D eigenvalue weighted by molar-refractivity contribution is 5.86. The third-order valence-electron chi connectivity index (χ3n) is 3.78. The molecule has 0 atom stereocenters. The van der Waals surface area contributed by atoms with Crippen molar-refractivity contribution in [1.29, 1.82) is 0 Å². The zero-order chi connectivity index (χ0) is 18.7. The monoisotopic (exact) mass is 366 g/mol. The van der Waals surface area contributed by atoms with Crippen LogP contribution >= 0.6 is 0 Å². The maximum absolute atomic E-state index is 12.8. The van der Waals surface area contributed by atoms with Gasteiger partial charge in [0.15, 0.2) is 11.6 Å². The Bertz CT molecular complexity index is 891. The van der Waals surface area contributed by atoms with Gasteiger partial charge in [-0.3, -0.25) is 0 Å². The van der Waals surface area contributed by atoms with Crippen LogP contribution in [0.15, 0.2) is 36.8 Å². The van der Waals surface area contributed by atoms with E-state index in [4.69, 9.17) is 9.47 Å². The van der Waals surface area contributed by atoms with E-state index in [1.807, 2.05) is 24.3 Å². The van der Waals surface area contributed by atoms with Gasteiger partial charge in [-0.2, -0.15) is 13.2 Å². The zero-order valence-electron chi connectivity index (χ0n) is 14.2. The highest BCUT2D eigenvalue weighted by Gasteiger charge is 2.29. The number of aromatic nitrogens is 3. The second-order valence-electron chi connectivity index (χ2n) is 5.56. The molecule has 0 amide bonds. The fourth-order valence-electron chi connectivity index (χ4n) is 2.60. The van der Waals surface area contributed by atoms with Crippen LogP contribution in [0.25, 0.3) is 11.0 Å². The molecule has 0 saturated heterocycles. The third-order valence-corrected chi connectivity index (χ3v) is 3.78. The van der Waals surface area contributed by atoms with Crippen molar-refractivity contribution in [3.63, 3.8) is 0 Å². The standard InChI is InChI=1S/C17H17F3N4O2/c1-25-12-5-3-11(4-6-12)7-21-16-15(26-2)14-13(8-22-16)23-10-24(14)9-17(18,19)20/h3-6,8,10H,7,9H2,1-2H3,(H,21,22). The van der Waals surface area contributed by atoms with Crippen LogP contribution in [-0.2, 0) is 13.1 Å². The van der Waals surface area contributed by atoms with Crippen LogP contribution in [0.3, 0.4) is 0 Å². The molecule has 138 valence electrons. The lowest BCUT2D eigenvalue weighted by Crippen LogP contribution is -2.17. The van der Waals surface area contributed by atoms with E-state index in [1.165, 1.54) is 13.3 Å². The number of hydrogen-bond donors (Lipinski definition) is 1. The molecular weight excluding hydrogens is 349 g/mol. The Hall–Kier alpha value is -2.97. The van der Waals surface area contributed by atoms with Gasteiger partial charge >= 0.3 is 6.18 Å². The average Bonchev–Trinajstić information content (AvgIpc) is 3.01. The minimum atomic E-state index is -4.36. The molecule has 0 aliphatic rings. The van der Waals surface area contributed by atoms with Crippen molar-refractivity contribution in [2.75, 3.05) is 19.5 Å². The molecular formula is C17H17F3N4O2. The van der Waals surface area contributed by atoms with Gasteiger partial charge in [0.25, 0.3) is 0 Å². The number of nitrogens with zero attached hydrogens (tertiary/aromatic N) is 3. The van der Waals surface area contributed by atoms with E-state index < -0.39 is 12.7 Å². The highest BCUT2D eigenvalue weighted by Crippen LogP contribution is 2.33. The Morgan fingerprint density at radius 3 is 2.42 bits per heavy atom. The summed E-state index contributed by atoms with van der Waals surface area (Å²) in [5.74, 6) is 1.31. The number of imidazole rings is 1. The Morgan fingerprint density at radius 1 is 1.08 bits per heavy atom. The van der Waals surface area contributed by atoms with E-state index in [2.05, 4.69) is 15.3 Å². The summed E-state index contributed by atoms with van der Waals surface area (Å²) in [6.07, 6.45) is -1.81. The minimum Gasteiger partial charge on any atom is -0.497 e. The number of fused-ring (bicyclic) bond motifs is 1. The van der Waals surface area contributed by atoms with Crippen LogP contribution in [0, 0.1) is 0 Å². The van der Waals surface area contributed by atoms with Gasteiger partial charge in [-0.25, -0.2) is 9.97 Å². The molecule has 9 heteroatoms. The van der Waals surface area contributed by atoms with E-state index in [9.17, 15) is 13.2 Å². The summed E-state index contributed by atoms with van der Waals surface area (Å²) in [5, 5.41) is 3.09. The minimum absolute atomic E-state index is 0.220. The number of hydrogen-bond acceptors (Lipinski definition) is 5. The van der Waals surface area contributed by atoms with Crippen LogP contribution < -0.4 is 14.8 Å². The zero-order valence-corrected chi connectivity index (χ0v) is 14.2. The van der Waals surface area contributed by atoms with Gasteiger partial charge in [0.1, 0.15) is 23.3 Å². The number of methoxy groups -OCH3 is 2. The maximum atomic E-state index is 12.8. The van der Waals surface area contributed by atoms with Crippen molar-refractivity contribution in [2.45, 2.75) is 19.3 Å². The van der Waals surface area contributed by atoms with Gasteiger partial charge in [0, 0.05) is 6.54 Å². The van der Waals surface area contributed by atoms with Crippen molar-refractivity contribution in [1.82, 2.24) is 14.5 Å². The largest absolute Gasteiger partial charge is 0.497 e. The first kappa shape index (κ1) is 17.8. The molecule has 0 saturated carbocycles. The number of halogens is 3. The topological polar surface area (TPSA) is 61.2 Å². The third kappa shape index (κ3) is 3.81.